The highest BCUT2D eigenvalue weighted by molar-refractivity contribution is 7.87. The van der Waals surface area contributed by atoms with Crippen LogP contribution in [-0.4, -0.2) is 73.7 Å². The number of nitrogens with zero attached hydrogens (tertiary/aromatic N) is 2. The Morgan fingerprint density at radius 3 is 2.80 bits per heavy atom. The van der Waals surface area contributed by atoms with Crippen molar-refractivity contribution < 1.29 is 33.0 Å². The maximum atomic E-state index is 13.4. The molecule has 2 aromatic rings. The minimum Gasteiger partial charge on any atom is -0.490 e. The van der Waals surface area contributed by atoms with Crippen LogP contribution < -0.4 is 14.4 Å². The van der Waals surface area contributed by atoms with E-state index in [-0.39, 0.29) is 42.3 Å². The van der Waals surface area contributed by atoms with Crippen molar-refractivity contribution in [2.45, 2.75) is 56.5 Å². The summed E-state index contributed by atoms with van der Waals surface area (Å²) < 4.78 is 36.1. The van der Waals surface area contributed by atoms with Gasteiger partial charge in [-0.15, -0.1) is 0 Å². The molecular weight excluding hydrogens is 606 g/mol. The zero-order valence-electron chi connectivity index (χ0n) is 24.5. The number of benzene rings is 2. The van der Waals surface area contributed by atoms with Crippen LogP contribution in [0, 0.1) is 11.8 Å². The van der Waals surface area contributed by atoms with Gasteiger partial charge in [0.15, 0.2) is 0 Å². The molecule has 44 heavy (non-hydrogen) atoms. The van der Waals surface area contributed by atoms with E-state index in [1.165, 1.54) is 11.1 Å². The van der Waals surface area contributed by atoms with E-state index in [0.717, 1.165) is 36.4 Å². The van der Waals surface area contributed by atoms with Crippen molar-refractivity contribution in [3.63, 3.8) is 0 Å². The lowest BCUT2D eigenvalue weighted by molar-refractivity contribution is -0.137. The average molecular weight is 644 g/mol. The molecule has 2 heterocycles. The van der Waals surface area contributed by atoms with Gasteiger partial charge in [0.05, 0.1) is 24.8 Å². The molecule has 2 aliphatic heterocycles. The largest absolute Gasteiger partial charge is 0.490 e. The Morgan fingerprint density at radius 2 is 2.02 bits per heavy atom. The summed E-state index contributed by atoms with van der Waals surface area (Å²) in [5.74, 6) is -1.08. The molecule has 6 rings (SSSR count). The summed E-state index contributed by atoms with van der Waals surface area (Å²) in [6, 6.07) is 11.0. The first-order chi connectivity index (χ1) is 21.0. The summed E-state index contributed by atoms with van der Waals surface area (Å²) >= 11 is 6.37. The van der Waals surface area contributed by atoms with E-state index in [1.54, 1.807) is 30.4 Å². The Hall–Kier alpha value is -3.12. The van der Waals surface area contributed by atoms with Crippen molar-refractivity contribution >= 4 is 39.4 Å². The van der Waals surface area contributed by atoms with Crippen LogP contribution in [-0.2, 0) is 26.8 Å². The van der Waals surface area contributed by atoms with E-state index in [0.29, 0.717) is 36.2 Å². The number of carboxylic acids is 1. The van der Waals surface area contributed by atoms with Gasteiger partial charge in [-0.05, 0) is 91.8 Å². The van der Waals surface area contributed by atoms with Gasteiger partial charge in [-0.2, -0.15) is 12.7 Å². The van der Waals surface area contributed by atoms with Crippen molar-refractivity contribution in [1.29, 1.82) is 0 Å². The average Bonchev–Trinajstić information content (AvgIpc) is 3.10. The number of rotatable bonds is 3. The van der Waals surface area contributed by atoms with Gasteiger partial charge < -0.3 is 19.8 Å². The first-order valence-electron chi connectivity index (χ1n) is 15.2. The van der Waals surface area contributed by atoms with Crippen LogP contribution in [0.25, 0.3) is 0 Å². The molecule has 1 saturated carbocycles. The minimum absolute atomic E-state index is 0.0339. The summed E-state index contributed by atoms with van der Waals surface area (Å²) in [6.45, 7) is 1.41. The lowest BCUT2D eigenvalue weighted by atomic mass is 9.68. The van der Waals surface area contributed by atoms with E-state index in [4.69, 9.17) is 16.3 Å². The first-order valence-corrected chi connectivity index (χ1v) is 17.1. The molecule has 1 fully saturated rings. The minimum atomic E-state index is -4.35. The molecule has 0 radical (unpaired) electrons. The molecule has 2 bridgehead atoms. The van der Waals surface area contributed by atoms with Crippen molar-refractivity contribution in [1.82, 2.24) is 9.03 Å². The van der Waals surface area contributed by atoms with Crippen LogP contribution in [0.5, 0.6) is 5.75 Å². The molecule has 2 aliphatic carbocycles. The molecule has 2 aromatic carbocycles. The van der Waals surface area contributed by atoms with E-state index < -0.39 is 34.6 Å². The Labute approximate surface area is 262 Å². The van der Waals surface area contributed by atoms with E-state index >= 15 is 0 Å². The van der Waals surface area contributed by atoms with Crippen LogP contribution in [0.15, 0.2) is 48.6 Å². The number of nitrogens with one attached hydrogen (secondary N) is 1. The number of aliphatic hydroxyl groups excluding tert-OH is 1. The SMILES string of the molecule is O=C(O)CCN1CC/C=C/[C@H](O)[C@@H]2CC[C@H]2CN2C[C@@]3(CCCc4cc(Cl)ccc43)COc3ccc(cc32)C(=O)NS1(=O)=O. The number of ether oxygens (including phenoxy) is 1. The van der Waals surface area contributed by atoms with Crippen molar-refractivity contribution in [2.24, 2.45) is 11.8 Å². The zero-order valence-corrected chi connectivity index (χ0v) is 26.0. The molecule has 0 saturated heterocycles. The smallest absolute Gasteiger partial charge is 0.304 e. The quantitative estimate of drug-likeness (QED) is 0.429. The normalized spacial score (nSPS) is 29.3. The number of halogens is 1. The van der Waals surface area contributed by atoms with Crippen LogP contribution in [0.2, 0.25) is 5.02 Å². The first kappa shape index (κ1) is 30.9. The third-order valence-corrected chi connectivity index (χ3v) is 11.4. The second kappa shape index (κ2) is 12.3. The Kier molecular flexibility index (Phi) is 8.67. The van der Waals surface area contributed by atoms with E-state index in [9.17, 15) is 28.2 Å². The summed E-state index contributed by atoms with van der Waals surface area (Å²) in [7, 11) is -4.35. The third kappa shape index (κ3) is 6.20. The molecule has 236 valence electrons. The number of hydrogen-bond donors (Lipinski definition) is 3. The summed E-state index contributed by atoms with van der Waals surface area (Å²) in [4.78, 5) is 26.9. The van der Waals surface area contributed by atoms with Crippen molar-refractivity contribution in [3.8, 4) is 5.75 Å². The van der Waals surface area contributed by atoms with Gasteiger partial charge in [0.2, 0.25) is 0 Å². The van der Waals surface area contributed by atoms with E-state index in [2.05, 4.69) is 15.7 Å². The summed E-state index contributed by atoms with van der Waals surface area (Å²) in [5, 5.41) is 21.0. The summed E-state index contributed by atoms with van der Waals surface area (Å²) in [5.41, 5.74) is 2.98. The van der Waals surface area contributed by atoms with Crippen LogP contribution in [0.1, 0.15) is 60.0 Å². The number of carbonyl (C=O) groups is 2. The van der Waals surface area contributed by atoms with E-state index in [1.807, 2.05) is 12.1 Å². The third-order valence-electron chi connectivity index (χ3n) is 9.68. The van der Waals surface area contributed by atoms with Gasteiger partial charge >= 0.3 is 16.2 Å². The van der Waals surface area contributed by atoms with Crippen LogP contribution in [0.4, 0.5) is 5.69 Å². The van der Waals surface area contributed by atoms with Crippen molar-refractivity contribution in [2.75, 3.05) is 37.7 Å². The van der Waals surface area contributed by atoms with Gasteiger partial charge in [0.1, 0.15) is 5.75 Å². The molecule has 12 heteroatoms. The number of aliphatic hydroxyl groups is 1. The number of aryl methyl sites for hydroxylation is 1. The highest BCUT2D eigenvalue weighted by Crippen LogP contribution is 2.46. The number of amides is 1. The number of carboxylic acid groups (broad SMARTS) is 1. The van der Waals surface area contributed by atoms with Gasteiger partial charge in [-0.1, -0.05) is 29.8 Å². The monoisotopic (exact) mass is 643 g/mol. The predicted molar refractivity (Wildman–Crippen MR) is 166 cm³/mol. The van der Waals surface area contributed by atoms with Gasteiger partial charge in [-0.3, -0.25) is 9.59 Å². The number of anilines is 1. The fraction of sp³-hybridized carbons (Fsp3) is 0.500. The lowest BCUT2D eigenvalue weighted by Gasteiger charge is -2.45. The maximum absolute atomic E-state index is 13.4. The number of hydrogen-bond acceptors (Lipinski definition) is 7. The topological polar surface area (TPSA) is 136 Å². The molecule has 0 aromatic heterocycles. The molecule has 10 nitrogen and oxygen atoms in total. The molecular formula is C32H38ClN3O7S. The predicted octanol–water partition coefficient (Wildman–Crippen LogP) is 3.91. The Balaban J connectivity index is 1.39. The molecule has 0 unspecified atom stereocenters. The number of fused-ring (bicyclic) bond motifs is 4. The van der Waals surface area contributed by atoms with Gasteiger partial charge in [-0.25, -0.2) is 4.72 Å². The molecule has 3 N–H and O–H groups in total. The molecule has 4 atom stereocenters. The second-order valence-corrected chi connectivity index (χ2v) is 14.6. The standard InChI is InChI=1S/C32H38ClN3O7S/c33-24-8-10-26-21(16-24)4-3-13-32(26)19-35-18-23-6-9-25(23)28(37)5-1-2-14-36(15-12-30(38)39)44(41,42)34-31(40)22-7-11-29(43-20-32)27(35)17-22/h1,5,7-8,10-11,16-17,23,25,28,37H,2-4,6,9,12-15,18-20H2,(H,34,40)(H,38,39)/b5-1+/t23-,25+,28-,32-/m0/s1. The fourth-order valence-electron chi connectivity index (χ4n) is 7.22. The number of carbonyl (C=O) groups excluding carboxylic acids is 1. The Morgan fingerprint density at radius 1 is 1.18 bits per heavy atom. The van der Waals surface area contributed by atoms with Gasteiger partial charge in [0.25, 0.3) is 5.91 Å². The Bertz CT molecular complexity index is 1580. The second-order valence-electron chi connectivity index (χ2n) is 12.5. The van der Waals surface area contributed by atoms with Crippen LogP contribution in [0.3, 0.4) is 0 Å². The van der Waals surface area contributed by atoms with Gasteiger partial charge in [0, 0.05) is 42.2 Å². The highest BCUT2D eigenvalue weighted by atomic mass is 35.5. The molecule has 1 spiro atoms. The van der Waals surface area contributed by atoms with Crippen LogP contribution >= 0.6 is 11.6 Å². The highest BCUT2D eigenvalue weighted by Gasteiger charge is 2.44. The molecule has 1 amide bonds. The molecule has 4 aliphatic rings. The fourth-order valence-corrected chi connectivity index (χ4v) is 8.57. The number of aliphatic carboxylic acids is 1. The maximum Gasteiger partial charge on any atom is 0.304 e. The zero-order chi connectivity index (χ0) is 31.1. The van der Waals surface area contributed by atoms with Crippen molar-refractivity contribution in [3.05, 3.63) is 70.3 Å². The lowest BCUT2D eigenvalue weighted by Crippen LogP contribution is -2.49. The summed E-state index contributed by atoms with van der Waals surface area (Å²) in [6.07, 6.45) is 7.29.